The van der Waals surface area contributed by atoms with E-state index in [0.29, 0.717) is 31.1 Å². The predicted molar refractivity (Wildman–Crippen MR) is 86.1 cm³/mol. The topological polar surface area (TPSA) is 64.6 Å². The molecule has 3 atom stereocenters. The van der Waals surface area contributed by atoms with Crippen molar-refractivity contribution < 1.29 is 14.3 Å². The van der Waals surface area contributed by atoms with Crippen LogP contribution in [0, 0.1) is 5.92 Å². The van der Waals surface area contributed by atoms with Crippen LogP contribution < -0.4 is 4.90 Å². The predicted octanol–water partition coefficient (Wildman–Crippen LogP) is 2.19. The van der Waals surface area contributed by atoms with Crippen LogP contribution in [-0.4, -0.2) is 48.3 Å². The third kappa shape index (κ3) is 3.63. The van der Waals surface area contributed by atoms with Crippen molar-refractivity contribution in [2.75, 3.05) is 25.2 Å². The Morgan fingerprint density at radius 3 is 2.83 bits per heavy atom. The SMILES string of the molecule is COCCCOC(=O)C1CC2CCCCC2N1c1ncccn1. The lowest BCUT2D eigenvalue weighted by molar-refractivity contribution is -0.145. The standard InChI is InChI=1S/C17H25N3O3/c1-22-10-5-11-23-16(21)15-12-13-6-2-3-7-14(13)20(15)17-18-8-4-9-19-17/h4,8-9,13-15H,2-3,5-7,10-12H2,1H3. The number of ether oxygens (including phenoxy) is 2. The number of nitrogens with zero attached hydrogens (tertiary/aromatic N) is 3. The zero-order valence-electron chi connectivity index (χ0n) is 13.7. The first-order chi connectivity index (χ1) is 11.3. The number of esters is 1. The maximum atomic E-state index is 12.6. The van der Waals surface area contributed by atoms with Gasteiger partial charge in [0, 0.05) is 38.6 Å². The van der Waals surface area contributed by atoms with Gasteiger partial charge in [-0.1, -0.05) is 12.8 Å². The highest BCUT2D eigenvalue weighted by Gasteiger charge is 2.46. The number of aromatic nitrogens is 2. The van der Waals surface area contributed by atoms with Crippen LogP contribution in [0.3, 0.4) is 0 Å². The van der Waals surface area contributed by atoms with E-state index in [1.54, 1.807) is 25.6 Å². The molecule has 23 heavy (non-hydrogen) atoms. The van der Waals surface area contributed by atoms with Crippen molar-refractivity contribution in [3.05, 3.63) is 18.5 Å². The minimum absolute atomic E-state index is 0.150. The average Bonchev–Trinajstić information content (AvgIpc) is 2.99. The molecule has 3 rings (SSSR count). The fourth-order valence-electron chi connectivity index (χ4n) is 3.85. The molecule has 2 aliphatic rings. The summed E-state index contributed by atoms with van der Waals surface area (Å²) in [6.07, 6.45) is 9.80. The molecule has 1 aromatic rings. The summed E-state index contributed by atoms with van der Waals surface area (Å²) in [5.41, 5.74) is 0. The van der Waals surface area contributed by atoms with Gasteiger partial charge in [-0.15, -0.1) is 0 Å². The Morgan fingerprint density at radius 2 is 2.04 bits per heavy atom. The Bertz CT molecular complexity index is 511. The van der Waals surface area contributed by atoms with E-state index in [2.05, 4.69) is 14.9 Å². The summed E-state index contributed by atoms with van der Waals surface area (Å²) in [5, 5.41) is 0. The number of hydrogen-bond acceptors (Lipinski definition) is 6. The van der Waals surface area contributed by atoms with Gasteiger partial charge in [0.15, 0.2) is 0 Å². The molecule has 1 aliphatic heterocycles. The highest BCUT2D eigenvalue weighted by atomic mass is 16.5. The fourth-order valence-corrected chi connectivity index (χ4v) is 3.85. The Morgan fingerprint density at radius 1 is 1.26 bits per heavy atom. The van der Waals surface area contributed by atoms with Gasteiger partial charge in [-0.2, -0.15) is 0 Å². The first-order valence-corrected chi connectivity index (χ1v) is 8.52. The van der Waals surface area contributed by atoms with Crippen LogP contribution in [0.2, 0.25) is 0 Å². The van der Waals surface area contributed by atoms with Crippen molar-refractivity contribution in [1.82, 2.24) is 9.97 Å². The summed E-state index contributed by atoms with van der Waals surface area (Å²) in [7, 11) is 1.65. The molecular formula is C17H25N3O3. The number of rotatable bonds is 6. The maximum Gasteiger partial charge on any atom is 0.328 e. The fraction of sp³-hybridized carbons (Fsp3) is 0.706. The lowest BCUT2D eigenvalue weighted by atomic mass is 9.85. The summed E-state index contributed by atoms with van der Waals surface area (Å²) in [6, 6.07) is 1.91. The molecule has 6 heteroatoms. The molecule has 0 radical (unpaired) electrons. The minimum atomic E-state index is -0.256. The Labute approximate surface area is 137 Å². The van der Waals surface area contributed by atoms with Gasteiger partial charge in [-0.25, -0.2) is 14.8 Å². The third-order valence-electron chi connectivity index (χ3n) is 4.88. The van der Waals surface area contributed by atoms with Crippen molar-refractivity contribution in [2.45, 2.75) is 50.6 Å². The number of carbonyl (C=O) groups excluding carboxylic acids is 1. The van der Waals surface area contributed by atoms with Crippen LogP contribution in [0.25, 0.3) is 0 Å². The highest BCUT2D eigenvalue weighted by Crippen LogP contribution is 2.41. The largest absolute Gasteiger partial charge is 0.464 e. The molecule has 0 spiro atoms. The van der Waals surface area contributed by atoms with Gasteiger partial charge in [-0.05, 0) is 31.2 Å². The van der Waals surface area contributed by atoms with E-state index >= 15 is 0 Å². The molecule has 1 aliphatic carbocycles. The zero-order chi connectivity index (χ0) is 16.1. The van der Waals surface area contributed by atoms with E-state index in [0.717, 1.165) is 19.3 Å². The molecule has 3 unspecified atom stereocenters. The second-order valence-corrected chi connectivity index (χ2v) is 6.33. The van der Waals surface area contributed by atoms with Gasteiger partial charge < -0.3 is 14.4 Å². The van der Waals surface area contributed by atoms with Crippen molar-refractivity contribution >= 4 is 11.9 Å². The van der Waals surface area contributed by atoms with Crippen molar-refractivity contribution in [3.63, 3.8) is 0 Å². The Kier molecular flexibility index (Phi) is 5.43. The van der Waals surface area contributed by atoms with Crippen LogP contribution in [0.1, 0.15) is 38.5 Å². The second-order valence-electron chi connectivity index (χ2n) is 6.33. The number of hydrogen-bond donors (Lipinski definition) is 0. The molecule has 1 saturated carbocycles. The molecule has 2 fully saturated rings. The van der Waals surface area contributed by atoms with Gasteiger partial charge in [0.25, 0.3) is 0 Å². The van der Waals surface area contributed by atoms with E-state index in [9.17, 15) is 4.79 Å². The molecular weight excluding hydrogens is 294 g/mol. The van der Waals surface area contributed by atoms with E-state index in [1.165, 1.54) is 19.3 Å². The molecule has 0 aromatic carbocycles. The van der Waals surface area contributed by atoms with Crippen molar-refractivity contribution in [2.24, 2.45) is 5.92 Å². The number of fused-ring (bicyclic) bond motifs is 1. The van der Waals surface area contributed by atoms with Gasteiger partial charge in [0.05, 0.1) is 6.61 Å². The van der Waals surface area contributed by atoms with Crippen LogP contribution in [0.15, 0.2) is 18.5 Å². The molecule has 1 aromatic heterocycles. The minimum Gasteiger partial charge on any atom is -0.464 e. The third-order valence-corrected chi connectivity index (χ3v) is 4.88. The maximum absolute atomic E-state index is 12.6. The molecule has 1 saturated heterocycles. The molecule has 126 valence electrons. The molecule has 0 amide bonds. The smallest absolute Gasteiger partial charge is 0.328 e. The summed E-state index contributed by atoms with van der Waals surface area (Å²) in [6.45, 7) is 1.01. The van der Waals surface area contributed by atoms with E-state index in [1.807, 2.05) is 0 Å². The summed E-state index contributed by atoms with van der Waals surface area (Å²) in [5.74, 6) is 1.05. The quantitative estimate of drug-likeness (QED) is 0.591. The zero-order valence-corrected chi connectivity index (χ0v) is 13.7. The second kappa shape index (κ2) is 7.73. The molecule has 0 N–H and O–H groups in total. The van der Waals surface area contributed by atoms with E-state index in [-0.39, 0.29) is 12.0 Å². The molecule has 0 bridgehead atoms. The van der Waals surface area contributed by atoms with E-state index < -0.39 is 0 Å². The lowest BCUT2D eigenvalue weighted by Gasteiger charge is -2.33. The van der Waals surface area contributed by atoms with Gasteiger partial charge in [-0.3, -0.25) is 0 Å². The Hall–Kier alpha value is -1.69. The average molecular weight is 319 g/mol. The van der Waals surface area contributed by atoms with Gasteiger partial charge in [0.1, 0.15) is 6.04 Å². The number of anilines is 1. The van der Waals surface area contributed by atoms with Gasteiger partial charge in [0.2, 0.25) is 5.95 Å². The monoisotopic (exact) mass is 319 g/mol. The van der Waals surface area contributed by atoms with Crippen molar-refractivity contribution in [1.29, 1.82) is 0 Å². The van der Waals surface area contributed by atoms with E-state index in [4.69, 9.17) is 9.47 Å². The number of carbonyl (C=O) groups is 1. The number of methoxy groups -OCH3 is 1. The summed E-state index contributed by atoms with van der Waals surface area (Å²) >= 11 is 0. The van der Waals surface area contributed by atoms with Crippen LogP contribution in [0.4, 0.5) is 5.95 Å². The van der Waals surface area contributed by atoms with Gasteiger partial charge >= 0.3 is 5.97 Å². The van der Waals surface area contributed by atoms with Crippen LogP contribution >= 0.6 is 0 Å². The molecule has 6 nitrogen and oxygen atoms in total. The lowest BCUT2D eigenvalue weighted by Crippen LogP contribution is -2.44. The van der Waals surface area contributed by atoms with Crippen LogP contribution in [0.5, 0.6) is 0 Å². The highest BCUT2D eigenvalue weighted by molar-refractivity contribution is 5.80. The first-order valence-electron chi connectivity index (χ1n) is 8.52. The van der Waals surface area contributed by atoms with Crippen LogP contribution in [-0.2, 0) is 14.3 Å². The molecule has 2 heterocycles. The first kappa shape index (κ1) is 16.2. The van der Waals surface area contributed by atoms with Crippen molar-refractivity contribution in [3.8, 4) is 0 Å². The normalized spacial score (nSPS) is 26.8. The Balaban J connectivity index is 1.72. The summed E-state index contributed by atoms with van der Waals surface area (Å²) in [4.78, 5) is 23.5. The summed E-state index contributed by atoms with van der Waals surface area (Å²) < 4.78 is 10.5.